The van der Waals surface area contributed by atoms with Gasteiger partial charge in [-0.1, -0.05) is 111 Å². The fourth-order valence-electron chi connectivity index (χ4n) is 7.09. The highest BCUT2D eigenvalue weighted by molar-refractivity contribution is 5.80. The van der Waals surface area contributed by atoms with Gasteiger partial charge in [-0.2, -0.15) is 0 Å². The Bertz CT molecular complexity index is 1130. The van der Waals surface area contributed by atoms with Crippen molar-refractivity contribution in [3.8, 4) is 11.1 Å². The standard InChI is InChI=1S/C34H42/c1-6-28-17-24(4)31(25(28)5)20-27-18-29-13-10-14-30(33(29)21-27)34-16-22(2)15-23(3)32(34)19-26-11-8-7-9-12-26/h10,13-16,18,26,28,31H,4-9,11-12,17,19-21H2,1-3H3. The second-order valence-electron chi connectivity index (χ2n) is 11.5. The van der Waals surface area contributed by atoms with Crippen molar-refractivity contribution in [3.05, 3.63) is 88.0 Å². The summed E-state index contributed by atoms with van der Waals surface area (Å²) in [5, 5.41) is 0. The second kappa shape index (κ2) is 9.73. The van der Waals surface area contributed by atoms with E-state index in [0.29, 0.717) is 11.8 Å². The molecule has 0 radical (unpaired) electrons. The Morgan fingerprint density at radius 1 is 0.941 bits per heavy atom. The highest BCUT2D eigenvalue weighted by Crippen LogP contribution is 2.46. The van der Waals surface area contributed by atoms with Crippen molar-refractivity contribution in [3.63, 3.8) is 0 Å². The van der Waals surface area contributed by atoms with Crippen LogP contribution in [0.3, 0.4) is 0 Å². The molecular formula is C34H42. The zero-order valence-electron chi connectivity index (χ0n) is 21.7. The van der Waals surface area contributed by atoms with Crippen molar-refractivity contribution in [1.29, 1.82) is 0 Å². The van der Waals surface area contributed by atoms with Crippen molar-refractivity contribution in [2.45, 2.75) is 85.0 Å². The van der Waals surface area contributed by atoms with Gasteiger partial charge in [-0.25, -0.2) is 0 Å². The van der Waals surface area contributed by atoms with Crippen LogP contribution in [-0.2, 0) is 12.8 Å². The van der Waals surface area contributed by atoms with Crippen molar-refractivity contribution in [1.82, 2.24) is 0 Å². The third-order valence-electron chi connectivity index (χ3n) is 9.03. The van der Waals surface area contributed by atoms with E-state index in [1.165, 1.54) is 89.5 Å². The van der Waals surface area contributed by atoms with Crippen molar-refractivity contribution in [2.75, 3.05) is 0 Å². The number of fused-ring (bicyclic) bond motifs is 1. The molecule has 3 aliphatic carbocycles. The molecule has 0 bridgehead atoms. The van der Waals surface area contributed by atoms with E-state index in [9.17, 15) is 0 Å². The van der Waals surface area contributed by atoms with E-state index in [1.54, 1.807) is 11.1 Å². The molecule has 2 fully saturated rings. The number of benzene rings is 2. The lowest BCUT2D eigenvalue weighted by atomic mass is 9.80. The Morgan fingerprint density at radius 3 is 2.47 bits per heavy atom. The molecule has 178 valence electrons. The Morgan fingerprint density at radius 2 is 1.74 bits per heavy atom. The van der Waals surface area contributed by atoms with Gasteiger partial charge in [-0.3, -0.25) is 0 Å². The Labute approximate surface area is 207 Å². The fourth-order valence-corrected chi connectivity index (χ4v) is 7.09. The average Bonchev–Trinajstić information content (AvgIpc) is 3.36. The SMILES string of the molecule is C=C1CC(CC)C(=C)C1CC1=Cc2cccc(-c3cc(C)cc(C)c3CC3CCCCC3)c2C1. The molecule has 3 aliphatic rings. The molecule has 34 heavy (non-hydrogen) atoms. The first-order valence-corrected chi connectivity index (χ1v) is 13.7. The van der Waals surface area contributed by atoms with Crippen LogP contribution in [0.5, 0.6) is 0 Å². The van der Waals surface area contributed by atoms with E-state index in [4.69, 9.17) is 0 Å². The van der Waals surface area contributed by atoms with Gasteiger partial charge < -0.3 is 0 Å². The van der Waals surface area contributed by atoms with E-state index < -0.39 is 0 Å². The zero-order chi connectivity index (χ0) is 23.8. The summed E-state index contributed by atoms with van der Waals surface area (Å²) >= 11 is 0. The van der Waals surface area contributed by atoms with Crippen molar-refractivity contribution < 1.29 is 0 Å². The smallest absolute Gasteiger partial charge is 0.00421 e. The first-order valence-electron chi connectivity index (χ1n) is 13.7. The van der Waals surface area contributed by atoms with Crippen LogP contribution >= 0.6 is 0 Å². The Balaban J connectivity index is 1.44. The summed E-state index contributed by atoms with van der Waals surface area (Å²) in [6.07, 6.45) is 15.3. The highest BCUT2D eigenvalue weighted by Gasteiger charge is 2.32. The molecule has 0 heteroatoms. The lowest BCUT2D eigenvalue weighted by molar-refractivity contribution is 0.356. The van der Waals surface area contributed by atoms with Crippen molar-refractivity contribution >= 4 is 6.08 Å². The second-order valence-corrected chi connectivity index (χ2v) is 11.5. The van der Waals surface area contributed by atoms with Gasteiger partial charge in [0, 0.05) is 5.92 Å². The number of allylic oxidation sites excluding steroid dienone is 3. The summed E-state index contributed by atoms with van der Waals surface area (Å²) in [7, 11) is 0. The summed E-state index contributed by atoms with van der Waals surface area (Å²) in [4.78, 5) is 0. The van der Waals surface area contributed by atoms with Gasteiger partial charge in [-0.15, -0.1) is 0 Å². The zero-order valence-corrected chi connectivity index (χ0v) is 21.7. The molecule has 2 aromatic carbocycles. The molecule has 2 unspecified atom stereocenters. The van der Waals surface area contributed by atoms with E-state index in [0.717, 1.165) is 25.2 Å². The van der Waals surface area contributed by atoms with Crippen LogP contribution in [0.15, 0.2) is 60.2 Å². The van der Waals surface area contributed by atoms with E-state index in [2.05, 4.69) is 70.3 Å². The lowest BCUT2D eigenvalue weighted by Crippen LogP contribution is -2.11. The van der Waals surface area contributed by atoms with E-state index in [-0.39, 0.29) is 0 Å². The van der Waals surface area contributed by atoms with Crippen LogP contribution in [0.1, 0.15) is 86.1 Å². The summed E-state index contributed by atoms with van der Waals surface area (Å²) in [6.45, 7) is 15.8. The van der Waals surface area contributed by atoms with Crippen molar-refractivity contribution in [2.24, 2.45) is 17.8 Å². The minimum Gasteiger partial charge on any atom is -0.0992 e. The molecule has 0 N–H and O–H groups in total. The average molecular weight is 451 g/mol. The number of hydrogen-bond acceptors (Lipinski definition) is 0. The molecule has 0 saturated heterocycles. The molecule has 0 nitrogen and oxygen atoms in total. The fraction of sp³-hybridized carbons (Fsp3) is 0.471. The topological polar surface area (TPSA) is 0 Å². The first kappa shape index (κ1) is 23.4. The number of rotatable bonds is 6. The largest absolute Gasteiger partial charge is 0.0992 e. The summed E-state index contributed by atoms with van der Waals surface area (Å²) in [5.74, 6) is 1.96. The van der Waals surface area contributed by atoms with Crippen LogP contribution in [0.2, 0.25) is 0 Å². The lowest BCUT2D eigenvalue weighted by Gasteiger charge is -2.25. The minimum absolute atomic E-state index is 0.469. The molecule has 2 atom stereocenters. The molecule has 0 aromatic heterocycles. The molecule has 2 saturated carbocycles. The van der Waals surface area contributed by atoms with Gasteiger partial charge >= 0.3 is 0 Å². The summed E-state index contributed by atoms with van der Waals surface area (Å²) in [5.41, 5.74) is 14.8. The molecule has 0 spiro atoms. The van der Waals surface area contributed by atoms with Gasteiger partial charge in [0.2, 0.25) is 0 Å². The highest BCUT2D eigenvalue weighted by atomic mass is 14.4. The van der Waals surface area contributed by atoms with Crippen LogP contribution in [0.25, 0.3) is 17.2 Å². The molecule has 2 aromatic rings. The van der Waals surface area contributed by atoms with Crippen LogP contribution in [-0.4, -0.2) is 0 Å². The predicted molar refractivity (Wildman–Crippen MR) is 148 cm³/mol. The maximum atomic E-state index is 4.49. The van der Waals surface area contributed by atoms with Crippen LogP contribution in [0, 0.1) is 31.6 Å². The molecular weight excluding hydrogens is 408 g/mol. The van der Waals surface area contributed by atoms with Crippen LogP contribution in [0.4, 0.5) is 0 Å². The first-order chi connectivity index (χ1) is 16.4. The summed E-state index contributed by atoms with van der Waals surface area (Å²) < 4.78 is 0. The molecule has 0 amide bonds. The molecule has 0 heterocycles. The predicted octanol–water partition coefficient (Wildman–Crippen LogP) is 9.58. The van der Waals surface area contributed by atoms with E-state index >= 15 is 0 Å². The third kappa shape index (κ3) is 4.49. The van der Waals surface area contributed by atoms with Crippen LogP contribution < -0.4 is 0 Å². The third-order valence-corrected chi connectivity index (χ3v) is 9.03. The van der Waals surface area contributed by atoms with E-state index in [1.807, 2.05) is 0 Å². The maximum Gasteiger partial charge on any atom is 0.00421 e. The number of hydrogen-bond donors (Lipinski definition) is 0. The number of aryl methyl sites for hydroxylation is 2. The molecule has 0 aliphatic heterocycles. The summed E-state index contributed by atoms with van der Waals surface area (Å²) in [6, 6.07) is 11.8. The quantitative estimate of drug-likeness (QED) is 0.384. The Kier molecular flexibility index (Phi) is 6.70. The van der Waals surface area contributed by atoms with Gasteiger partial charge in [0.15, 0.2) is 0 Å². The van der Waals surface area contributed by atoms with Gasteiger partial charge in [0.1, 0.15) is 0 Å². The Hall–Kier alpha value is -2.34. The minimum atomic E-state index is 0.469. The monoisotopic (exact) mass is 450 g/mol. The molecule has 5 rings (SSSR count). The maximum absolute atomic E-state index is 4.49. The van der Waals surface area contributed by atoms with Gasteiger partial charge in [0.05, 0.1) is 0 Å². The van der Waals surface area contributed by atoms with Gasteiger partial charge in [-0.05, 0) is 91.2 Å². The van der Waals surface area contributed by atoms with Gasteiger partial charge in [0.25, 0.3) is 0 Å². The normalized spacial score (nSPS) is 22.9.